The van der Waals surface area contributed by atoms with Gasteiger partial charge in [0.25, 0.3) is 0 Å². The number of aliphatic hydroxyl groups is 1. The summed E-state index contributed by atoms with van der Waals surface area (Å²) in [5.74, 6) is 0.723. The Balaban J connectivity index is 1.79. The van der Waals surface area contributed by atoms with Gasteiger partial charge in [-0.1, -0.05) is 50.2 Å². The zero-order chi connectivity index (χ0) is 16.2. The van der Waals surface area contributed by atoms with Gasteiger partial charge in [-0.25, -0.2) is 0 Å². The molecule has 1 atom stereocenters. The van der Waals surface area contributed by atoms with Gasteiger partial charge in [0.2, 0.25) is 0 Å². The number of para-hydroxylation sites is 2. The van der Waals surface area contributed by atoms with E-state index in [0.29, 0.717) is 6.54 Å². The van der Waals surface area contributed by atoms with E-state index in [1.54, 1.807) is 0 Å². The smallest absolute Gasteiger partial charge is 0.121 e. The van der Waals surface area contributed by atoms with Crippen molar-refractivity contribution in [3.8, 4) is 0 Å². The van der Waals surface area contributed by atoms with Crippen molar-refractivity contribution in [1.82, 2.24) is 4.57 Å². The highest BCUT2D eigenvalue weighted by atomic mass is 16.3. The summed E-state index contributed by atoms with van der Waals surface area (Å²) in [6.45, 7) is 6.96. The largest absolute Gasteiger partial charge is 0.385 e. The first kappa shape index (κ1) is 16.0. The molecule has 3 N–H and O–H groups in total. The number of hydrogen-bond donors (Lipinski definition) is 2. The highest BCUT2D eigenvalue weighted by molar-refractivity contribution is 6.07. The maximum atomic E-state index is 10.5. The molecule has 0 bridgehead atoms. The van der Waals surface area contributed by atoms with E-state index >= 15 is 0 Å². The Labute approximate surface area is 137 Å². The van der Waals surface area contributed by atoms with Crippen LogP contribution in [0.15, 0.2) is 48.5 Å². The number of quaternary nitrogens is 1. The van der Waals surface area contributed by atoms with E-state index < -0.39 is 0 Å². The summed E-state index contributed by atoms with van der Waals surface area (Å²) < 4.78 is 2.26. The Hall–Kier alpha value is -1.84. The van der Waals surface area contributed by atoms with Gasteiger partial charge in [-0.3, -0.25) is 0 Å². The molecule has 1 aromatic heterocycles. The molecular formula is C20H27N2O+. The number of nitrogens with two attached hydrogens (primary N) is 1. The van der Waals surface area contributed by atoms with Crippen LogP contribution in [0.3, 0.4) is 0 Å². The van der Waals surface area contributed by atoms with Crippen LogP contribution in [-0.4, -0.2) is 28.9 Å². The molecule has 122 valence electrons. The fourth-order valence-corrected chi connectivity index (χ4v) is 3.25. The van der Waals surface area contributed by atoms with E-state index in [-0.39, 0.29) is 6.10 Å². The van der Waals surface area contributed by atoms with Crippen molar-refractivity contribution in [2.24, 2.45) is 5.92 Å². The van der Waals surface area contributed by atoms with Gasteiger partial charge in [-0.2, -0.15) is 0 Å². The Morgan fingerprint density at radius 3 is 2.09 bits per heavy atom. The zero-order valence-electron chi connectivity index (χ0n) is 14.1. The molecule has 3 nitrogen and oxygen atoms in total. The second kappa shape index (κ2) is 7.16. The van der Waals surface area contributed by atoms with E-state index in [9.17, 15) is 5.11 Å². The maximum Gasteiger partial charge on any atom is 0.121 e. The van der Waals surface area contributed by atoms with Gasteiger partial charge in [-0.05, 0) is 24.5 Å². The van der Waals surface area contributed by atoms with E-state index in [1.807, 2.05) is 0 Å². The van der Waals surface area contributed by atoms with Crippen molar-refractivity contribution in [1.29, 1.82) is 0 Å². The summed E-state index contributed by atoms with van der Waals surface area (Å²) in [5.41, 5.74) is 2.41. The van der Waals surface area contributed by atoms with Crippen molar-refractivity contribution >= 4 is 21.8 Å². The maximum absolute atomic E-state index is 10.5. The Morgan fingerprint density at radius 2 is 1.52 bits per heavy atom. The third kappa shape index (κ3) is 3.57. The third-order valence-electron chi connectivity index (χ3n) is 4.46. The Morgan fingerprint density at radius 1 is 0.957 bits per heavy atom. The normalized spacial score (nSPS) is 13.2. The van der Waals surface area contributed by atoms with Gasteiger partial charge in [-0.15, -0.1) is 0 Å². The van der Waals surface area contributed by atoms with Crippen molar-refractivity contribution in [2.75, 3.05) is 13.1 Å². The summed E-state index contributed by atoms with van der Waals surface area (Å²) in [4.78, 5) is 0. The summed E-state index contributed by atoms with van der Waals surface area (Å²) >= 11 is 0. The molecule has 0 aliphatic carbocycles. The molecule has 3 heteroatoms. The number of aliphatic hydroxyl groups excluding tert-OH is 1. The van der Waals surface area contributed by atoms with Crippen LogP contribution in [0.2, 0.25) is 0 Å². The molecule has 0 spiro atoms. The van der Waals surface area contributed by atoms with Gasteiger partial charge in [0, 0.05) is 21.8 Å². The molecule has 3 aromatic rings. The van der Waals surface area contributed by atoms with Crippen molar-refractivity contribution < 1.29 is 10.4 Å². The summed E-state index contributed by atoms with van der Waals surface area (Å²) in [6, 6.07) is 16.9. The summed E-state index contributed by atoms with van der Waals surface area (Å²) in [5, 5.41) is 15.2. The lowest BCUT2D eigenvalue weighted by molar-refractivity contribution is -0.662. The number of nitrogens with zero attached hydrogens (tertiary/aromatic N) is 1. The quantitative estimate of drug-likeness (QED) is 0.647. The number of hydrogen-bond acceptors (Lipinski definition) is 1. The number of rotatable bonds is 7. The summed E-state index contributed by atoms with van der Waals surface area (Å²) in [7, 11) is 0. The van der Waals surface area contributed by atoms with Crippen molar-refractivity contribution in [3.05, 3.63) is 48.5 Å². The monoisotopic (exact) mass is 311 g/mol. The molecule has 0 unspecified atom stereocenters. The van der Waals surface area contributed by atoms with Crippen LogP contribution in [0.4, 0.5) is 0 Å². The van der Waals surface area contributed by atoms with Crippen LogP contribution in [0, 0.1) is 5.92 Å². The van der Waals surface area contributed by atoms with E-state index in [1.165, 1.54) is 28.2 Å². The minimum atomic E-state index is -0.332. The molecule has 0 saturated heterocycles. The van der Waals surface area contributed by atoms with Crippen LogP contribution < -0.4 is 5.32 Å². The Kier molecular flexibility index (Phi) is 4.99. The van der Waals surface area contributed by atoms with Crippen LogP contribution in [-0.2, 0) is 6.54 Å². The van der Waals surface area contributed by atoms with E-state index in [2.05, 4.69) is 72.3 Å². The first-order valence-corrected chi connectivity index (χ1v) is 8.62. The average molecular weight is 311 g/mol. The second-order valence-corrected chi connectivity index (χ2v) is 6.79. The standard InChI is InChI=1S/C20H26N2O/c1-15(2)11-12-21-13-16(23)14-22-19-9-5-3-7-17(19)18-8-4-6-10-20(18)22/h3-10,15-16,21,23H,11-14H2,1-2H3/p+1/t16-/m1/s1. The van der Waals surface area contributed by atoms with Crippen molar-refractivity contribution in [3.63, 3.8) is 0 Å². The van der Waals surface area contributed by atoms with Crippen LogP contribution in [0.1, 0.15) is 20.3 Å². The molecule has 3 rings (SSSR count). The van der Waals surface area contributed by atoms with E-state index in [4.69, 9.17) is 0 Å². The van der Waals surface area contributed by atoms with Crippen LogP contribution >= 0.6 is 0 Å². The highest BCUT2D eigenvalue weighted by Gasteiger charge is 2.14. The fraction of sp³-hybridized carbons (Fsp3) is 0.400. The first-order chi connectivity index (χ1) is 11.2. The number of fused-ring (bicyclic) bond motifs is 3. The topological polar surface area (TPSA) is 41.8 Å². The molecule has 2 aromatic carbocycles. The molecule has 0 amide bonds. The van der Waals surface area contributed by atoms with Gasteiger partial charge in [0.15, 0.2) is 0 Å². The van der Waals surface area contributed by atoms with Gasteiger partial charge >= 0.3 is 0 Å². The highest BCUT2D eigenvalue weighted by Crippen LogP contribution is 2.28. The Bertz CT molecular complexity index is 722. The molecule has 23 heavy (non-hydrogen) atoms. The minimum Gasteiger partial charge on any atom is -0.385 e. The molecule has 1 heterocycles. The lowest BCUT2D eigenvalue weighted by atomic mass is 10.1. The SMILES string of the molecule is CC(C)CC[NH2+]C[C@@H](O)Cn1c2ccccc2c2ccccc21. The molecule has 0 aliphatic heterocycles. The lowest BCUT2D eigenvalue weighted by Gasteiger charge is -2.13. The predicted molar refractivity (Wildman–Crippen MR) is 96.6 cm³/mol. The third-order valence-corrected chi connectivity index (χ3v) is 4.46. The van der Waals surface area contributed by atoms with Gasteiger partial charge < -0.3 is 15.0 Å². The molecule has 0 radical (unpaired) electrons. The minimum absolute atomic E-state index is 0.332. The molecule has 0 aliphatic rings. The van der Waals surface area contributed by atoms with Gasteiger partial charge in [0.1, 0.15) is 12.6 Å². The molecule has 0 saturated carbocycles. The lowest BCUT2D eigenvalue weighted by Crippen LogP contribution is -2.86. The van der Waals surface area contributed by atoms with Gasteiger partial charge in [0.05, 0.1) is 13.1 Å². The zero-order valence-corrected chi connectivity index (χ0v) is 14.1. The van der Waals surface area contributed by atoms with Crippen LogP contribution in [0.5, 0.6) is 0 Å². The van der Waals surface area contributed by atoms with E-state index in [0.717, 1.165) is 19.0 Å². The second-order valence-electron chi connectivity index (χ2n) is 6.79. The molecular weight excluding hydrogens is 284 g/mol. The number of aromatic nitrogens is 1. The predicted octanol–water partition coefficient (Wildman–Crippen LogP) is 2.76. The number of benzene rings is 2. The van der Waals surface area contributed by atoms with Crippen LogP contribution in [0.25, 0.3) is 21.8 Å². The fourth-order valence-electron chi connectivity index (χ4n) is 3.25. The average Bonchev–Trinajstić information content (AvgIpc) is 2.86. The molecule has 0 fully saturated rings. The summed E-state index contributed by atoms with van der Waals surface area (Å²) in [6.07, 6.45) is 0.864. The first-order valence-electron chi connectivity index (χ1n) is 8.62. The van der Waals surface area contributed by atoms with Crippen molar-refractivity contribution in [2.45, 2.75) is 32.9 Å².